The lowest BCUT2D eigenvalue weighted by Crippen LogP contribution is -2.54. The quantitative estimate of drug-likeness (QED) is 0.243. The molecule has 2 N–H and O–H groups in total. The van der Waals surface area contributed by atoms with Crippen molar-refractivity contribution >= 4 is 51.7 Å². The average molecular weight is 667 g/mol. The summed E-state index contributed by atoms with van der Waals surface area (Å²) in [5.74, 6) is 3.43. The number of hydrogen-bond donors (Lipinski definition) is 2. The highest BCUT2D eigenvalue weighted by molar-refractivity contribution is 6.23. The van der Waals surface area contributed by atoms with Crippen LogP contribution in [0.4, 0.5) is 11.4 Å². The van der Waals surface area contributed by atoms with Crippen LogP contribution in [0.5, 0.6) is 0 Å². The van der Waals surface area contributed by atoms with Crippen LogP contribution in [0.1, 0.15) is 58.5 Å². The van der Waals surface area contributed by atoms with Gasteiger partial charge in [-0.2, -0.15) is 5.26 Å². The lowest BCUT2D eigenvalue weighted by molar-refractivity contribution is -0.136. The van der Waals surface area contributed by atoms with Crippen molar-refractivity contribution in [2.24, 2.45) is 5.92 Å². The molecular formula is C38H30N6O6. The molecule has 0 spiro atoms. The Hall–Kier alpha value is -6.53. The van der Waals surface area contributed by atoms with Gasteiger partial charge in [0.25, 0.3) is 17.4 Å². The largest absolute Gasteiger partial charge is 0.369 e. The molecule has 1 unspecified atom stereocenters. The topological polar surface area (TPSA) is 162 Å². The third-order valence-corrected chi connectivity index (χ3v) is 9.48. The van der Waals surface area contributed by atoms with Gasteiger partial charge < -0.3 is 10.2 Å². The molecule has 3 aliphatic rings. The number of rotatable bonds is 5. The van der Waals surface area contributed by atoms with Crippen LogP contribution in [0.25, 0.3) is 10.8 Å². The van der Waals surface area contributed by atoms with E-state index in [0.29, 0.717) is 35.1 Å². The Bertz CT molecular complexity index is 2340. The molecule has 12 heteroatoms. The molecular weight excluding hydrogens is 636 g/mol. The standard InChI is InChI=1S/C38H30N6O6/c1-38(2,37(50)40-30-14-11-24(19-39)26-7-3-4-8-27(26)30)43-17-5-6-23(34(43)47)10-9-22-20-42(21-22)25-12-13-28-29(18-25)36(49)44(35(28)48)31-15-16-32(45)41-33(31)46/h3-8,11-14,17-18,22,31H,15-16,20-21H2,1-2H3,(H,40,50)(H,41,45,46). The van der Waals surface area contributed by atoms with Crippen molar-refractivity contribution < 1.29 is 24.0 Å². The Kier molecular flexibility index (Phi) is 7.80. The Balaban J connectivity index is 1.03. The van der Waals surface area contributed by atoms with Crippen molar-refractivity contribution in [3.63, 3.8) is 0 Å². The van der Waals surface area contributed by atoms with E-state index in [0.717, 1.165) is 10.6 Å². The highest BCUT2D eigenvalue weighted by Gasteiger charge is 2.45. The highest BCUT2D eigenvalue weighted by Crippen LogP contribution is 2.33. The number of aromatic nitrogens is 1. The maximum Gasteiger partial charge on any atom is 0.267 e. The van der Waals surface area contributed by atoms with E-state index in [1.165, 1.54) is 4.57 Å². The van der Waals surface area contributed by atoms with Crippen molar-refractivity contribution in [3.8, 4) is 17.9 Å². The van der Waals surface area contributed by atoms with E-state index >= 15 is 0 Å². The molecule has 2 fully saturated rings. The summed E-state index contributed by atoms with van der Waals surface area (Å²) in [6.45, 7) is 4.35. The summed E-state index contributed by atoms with van der Waals surface area (Å²) in [4.78, 5) is 80.2. The number of fused-ring (bicyclic) bond motifs is 2. The summed E-state index contributed by atoms with van der Waals surface area (Å²) in [5, 5.41) is 16.0. The molecule has 0 aliphatic carbocycles. The van der Waals surface area contributed by atoms with Crippen molar-refractivity contribution in [2.75, 3.05) is 23.3 Å². The van der Waals surface area contributed by atoms with E-state index < -0.39 is 46.7 Å². The zero-order valence-electron chi connectivity index (χ0n) is 27.1. The minimum absolute atomic E-state index is 0.0483. The van der Waals surface area contributed by atoms with Crippen LogP contribution in [0.3, 0.4) is 0 Å². The number of nitriles is 1. The van der Waals surface area contributed by atoms with Crippen molar-refractivity contribution in [1.29, 1.82) is 5.26 Å². The second-order valence-corrected chi connectivity index (χ2v) is 13.0. The SMILES string of the molecule is CC(C)(C(=O)Nc1ccc(C#N)c2ccccc12)n1cccc(C#CC2CN(c3ccc4c(c3)C(=O)N(C3CCC(=O)NC3=O)C4=O)C2)c1=O. The number of nitrogens with zero attached hydrogens (tertiary/aromatic N) is 4. The minimum atomic E-state index is -1.28. The molecule has 0 bridgehead atoms. The first kappa shape index (κ1) is 32.0. The van der Waals surface area contributed by atoms with Gasteiger partial charge in [-0.3, -0.25) is 43.6 Å². The van der Waals surface area contributed by atoms with E-state index in [4.69, 9.17) is 0 Å². The summed E-state index contributed by atoms with van der Waals surface area (Å²) in [6, 6.07) is 20.0. The fraction of sp³-hybridized carbons (Fsp3) is 0.237. The van der Waals surface area contributed by atoms with Crippen LogP contribution in [-0.2, 0) is 19.9 Å². The van der Waals surface area contributed by atoms with Gasteiger partial charge in [0.1, 0.15) is 11.6 Å². The molecule has 7 rings (SSSR count). The van der Waals surface area contributed by atoms with Gasteiger partial charge in [-0.25, -0.2) is 0 Å². The smallest absolute Gasteiger partial charge is 0.267 e. The second kappa shape index (κ2) is 12.2. The van der Waals surface area contributed by atoms with Crippen LogP contribution >= 0.6 is 0 Å². The third kappa shape index (κ3) is 5.37. The average Bonchev–Trinajstić information content (AvgIpc) is 3.33. The van der Waals surface area contributed by atoms with Gasteiger partial charge in [0.2, 0.25) is 17.7 Å². The number of pyridine rings is 1. The third-order valence-electron chi connectivity index (χ3n) is 9.48. The van der Waals surface area contributed by atoms with Crippen LogP contribution in [-0.4, -0.2) is 58.1 Å². The first-order valence-electron chi connectivity index (χ1n) is 16.1. The number of imide groups is 2. The molecule has 0 saturated carbocycles. The molecule has 3 aliphatic heterocycles. The number of nitrogens with one attached hydrogen (secondary N) is 2. The summed E-state index contributed by atoms with van der Waals surface area (Å²) in [6.07, 6.45) is 1.69. The number of carbonyl (C=O) groups is 5. The number of amides is 5. The number of anilines is 2. The second-order valence-electron chi connectivity index (χ2n) is 13.0. The Morgan fingerprint density at radius 3 is 2.38 bits per heavy atom. The lowest BCUT2D eigenvalue weighted by atomic mass is 9.98. The molecule has 1 aromatic heterocycles. The van der Waals surface area contributed by atoms with Gasteiger partial charge in [-0.1, -0.05) is 36.1 Å². The van der Waals surface area contributed by atoms with E-state index in [2.05, 4.69) is 28.5 Å². The van der Waals surface area contributed by atoms with E-state index in [1.54, 1.807) is 62.5 Å². The van der Waals surface area contributed by atoms with Crippen LogP contribution < -0.4 is 21.1 Å². The monoisotopic (exact) mass is 666 g/mol. The molecule has 12 nitrogen and oxygen atoms in total. The number of carbonyl (C=O) groups excluding carboxylic acids is 5. The van der Waals surface area contributed by atoms with E-state index in [9.17, 15) is 34.0 Å². The molecule has 5 amide bonds. The van der Waals surface area contributed by atoms with Crippen molar-refractivity contribution in [2.45, 2.75) is 38.3 Å². The van der Waals surface area contributed by atoms with Crippen molar-refractivity contribution in [3.05, 3.63) is 106 Å². The van der Waals surface area contributed by atoms with Crippen LogP contribution in [0.15, 0.2) is 77.7 Å². The number of hydrogen-bond acceptors (Lipinski definition) is 8. The molecule has 4 heterocycles. The van der Waals surface area contributed by atoms with Gasteiger partial charge >= 0.3 is 0 Å². The van der Waals surface area contributed by atoms with Crippen LogP contribution in [0.2, 0.25) is 0 Å². The Morgan fingerprint density at radius 2 is 1.64 bits per heavy atom. The first-order chi connectivity index (χ1) is 24.0. The van der Waals surface area contributed by atoms with Gasteiger partial charge in [0.15, 0.2) is 0 Å². The molecule has 50 heavy (non-hydrogen) atoms. The Morgan fingerprint density at radius 1 is 0.900 bits per heavy atom. The molecule has 248 valence electrons. The zero-order chi connectivity index (χ0) is 35.3. The van der Waals surface area contributed by atoms with Crippen LogP contribution in [0, 0.1) is 29.1 Å². The Labute approximate surface area is 286 Å². The van der Waals surface area contributed by atoms with Crippen molar-refractivity contribution in [1.82, 2.24) is 14.8 Å². The zero-order valence-corrected chi connectivity index (χ0v) is 27.1. The summed E-state index contributed by atoms with van der Waals surface area (Å²) < 4.78 is 1.35. The maximum atomic E-state index is 13.6. The van der Waals surface area contributed by atoms with E-state index in [-0.39, 0.29) is 35.4 Å². The normalized spacial score (nSPS) is 17.4. The minimum Gasteiger partial charge on any atom is -0.369 e. The number of benzene rings is 3. The summed E-state index contributed by atoms with van der Waals surface area (Å²) >= 11 is 0. The molecule has 3 aromatic carbocycles. The predicted octanol–water partition coefficient (Wildman–Crippen LogP) is 3.14. The first-order valence-corrected chi connectivity index (χ1v) is 16.1. The lowest BCUT2D eigenvalue weighted by Gasteiger charge is -2.38. The van der Waals surface area contributed by atoms with Gasteiger partial charge in [0.05, 0.1) is 34.2 Å². The summed E-state index contributed by atoms with van der Waals surface area (Å²) in [7, 11) is 0. The molecule has 2 saturated heterocycles. The highest BCUT2D eigenvalue weighted by atomic mass is 16.2. The fourth-order valence-corrected chi connectivity index (χ4v) is 6.54. The molecule has 1 atom stereocenters. The molecule has 4 aromatic rings. The van der Waals surface area contributed by atoms with Gasteiger partial charge in [0, 0.05) is 47.9 Å². The van der Waals surface area contributed by atoms with Gasteiger partial charge in [-0.15, -0.1) is 0 Å². The van der Waals surface area contributed by atoms with E-state index in [1.807, 2.05) is 29.2 Å². The number of piperidine rings is 1. The summed E-state index contributed by atoms with van der Waals surface area (Å²) in [5.41, 5.74) is 0.705. The predicted molar refractivity (Wildman–Crippen MR) is 183 cm³/mol. The maximum absolute atomic E-state index is 13.6. The fourth-order valence-electron chi connectivity index (χ4n) is 6.54. The molecule has 0 radical (unpaired) electrons. The van der Waals surface area contributed by atoms with Gasteiger partial charge in [-0.05, 0) is 62.7 Å².